The van der Waals surface area contributed by atoms with Crippen LogP contribution in [0.2, 0.25) is 0 Å². The standard InChI is InChI=1S/C14H9IN4OS/c1-8-9(6-7-20-8)12-16-17-14-19(12)18-13(21-14)10-4-2-3-5-11(10)15/h2-7H,1H3. The summed E-state index contributed by atoms with van der Waals surface area (Å²) in [6.07, 6.45) is 1.65. The molecule has 7 heteroatoms. The van der Waals surface area contributed by atoms with Crippen molar-refractivity contribution < 1.29 is 4.42 Å². The van der Waals surface area contributed by atoms with Gasteiger partial charge in [-0.3, -0.25) is 0 Å². The Labute approximate surface area is 137 Å². The van der Waals surface area contributed by atoms with E-state index in [1.807, 2.05) is 25.1 Å². The largest absolute Gasteiger partial charge is 0.469 e. The van der Waals surface area contributed by atoms with Crippen LogP contribution in [-0.2, 0) is 0 Å². The first kappa shape index (κ1) is 13.0. The van der Waals surface area contributed by atoms with E-state index in [0.29, 0.717) is 5.82 Å². The minimum atomic E-state index is 0.713. The normalized spacial score (nSPS) is 11.3. The number of hydrogen-bond acceptors (Lipinski definition) is 5. The van der Waals surface area contributed by atoms with Gasteiger partial charge in [-0.25, -0.2) is 0 Å². The SMILES string of the molecule is Cc1occc1-c1nnc2sc(-c3ccccc3I)nn12. The number of nitrogens with zero attached hydrogens (tertiary/aromatic N) is 4. The van der Waals surface area contributed by atoms with Gasteiger partial charge in [0.25, 0.3) is 0 Å². The van der Waals surface area contributed by atoms with Crippen molar-refractivity contribution in [1.82, 2.24) is 19.8 Å². The first-order valence-electron chi connectivity index (χ1n) is 6.25. The molecule has 104 valence electrons. The zero-order valence-corrected chi connectivity index (χ0v) is 13.9. The molecule has 0 aliphatic rings. The highest BCUT2D eigenvalue weighted by Gasteiger charge is 2.17. The fourth-order valence-corrected chi connectivity index (χ4v) is 3.85. The van der Waals surface area contributed by atoms with E-state index >= 15 is 0 Å². The molecule has 5 nitrogen and oxygen atoms in total. The number of halogens is 1. The molecule has 3 heterocycles. The summed E-state index contributed by atoms with van der Waals surface area (Å²) in [5.74, 6) is 1.53. The van der Waals surface area contributed by atoms with Crippen molar-refractivity contribution in [1.29, 1.82) is 0 Å². The Hall–Kier alpha value is -1.74. The van der Waals surface area contributed by atoms with Gasteiger partial charge in [0.2, 0.25) is 4.96 Å². The summed E-state index contributed by atoms with van der Waals surface area (Å²) in [6.45, 7) is 1.91. The highest BCUT2D eigenvalue weighted by molar-refractivity contribution is 14.1. The molecule has 0 aliphatic carbocycles. The second kappa shape index (κ2) is 4.92. The third-order valence-electron chi connectivity index (χ3n) is 3.19. The van der Waals surface area contributed by atoms with Crippen LogP contribution >= 0.6 is 33.9 Å². The fraction of sp³-hybridized carbons (Fsp3) is 0.0714. The quantitative estimate of drug-likeness (QED) is 0.470. The Kier molecular flexibility index (Phi) is 3.03. The molecular formula is C14H9IN4OS. The molecule has 4 rings (SSSR count). The number of furan rings is 1. The summed E-state index contributed by atoms with van der Waals surface area (Å²) in [6, 6.07) is 10.1. The molecule has 0 bridgehead atoms. The van der Waals surface area contributed by atoms with E-state index in [0.717, 1.165) is 26.9 Å². The minimum Gasteiger partial charge on any atom is -0.469 e. The predicted octanol–water partition coefficient (Wildman–Crippen LogP) is 4.03. The van der Waals surface area contributed by atoms with Crippen molar-refractivity contribution in [2.24, 2.45) is 0 Å². The van der Waals surface area contributed by atoms with Crippen LogP contribution < -0.4 is 0 Å². The highest BCUT2D eigenvalue weighted by atomic mass is 127. The lowest BCUT2D eigenvalue weighted by Crippen LogP contribution is -1.91. The van der Waals surface area contributed by atoms with Crippen LogP contribution in [0.15, 0.2) is 41.0 Å². The fourth-order valence-electron chi connectivity index (χ4n) is 2.15. The summed E-state index contributed by atoms with van der Waals surface area (Å²) in [5, 5.41) is 14.0. The van der Waals surface area contributed by atoms with E-state index in [4.69, 9.17) is 4.42 Å². The Morgan fingerprint density at radius 3 is 2.76 bits per heavy atom. The highest BCUT2D eigenvalue weighted by Crippen LogP contribution is 2.31. The first-order chi connectivity index (χ1) is 10.2. The molecule has 0 amide bonds. The van der Waals surface area contributed by atoms with Gasteiger partial charge in [0.05, 0.1) is 11.8 Å². The molecule has 21 heavy (non-hydrogen) atoms. The van der Waals surface area contributed by atoms with Crippen molar-refractivity contribution in [3.8, 4) is 22.0 Å². The molecule has 0 N–H and O–H groups in total. The lowest BCUT2D eigenvalue weighted by molar-refractivity contribution is 0.535. The van der Waals surface area contributed by atoms with Crippen LogP contribution in [0.1, 0.15) is 5.76 Å². The van der Waals surface area contributed by atoms with Gasteiger partial charge in [-0.15, -0.1) is 10.2 Å². The molecule has 0 saturated carbocycles. The second-order valence-corrected chi connectivity index (χ2v) is 6.61. The van der Waals surface area contributed by atoms with E-state index in [2.05, 4.69) is 50.0 Å². The van der Waals surface area contributed by atoms with Gasteiger partial charge in [0.15, 0.2) is 5.82 Å². The van der Waals surface area contributed by atoms with Crippen molar-refractivity contribution in [2.75, 3.05) is 0 Å². The van der Waals surface area contributed by atoms with Gasteiger partial charge in [-0.2, -0.15) is 9.61 Å². The third kappa shape index (κ3) is 2.07. The molecule has 0 unspecified atom stereocenters. The average molecular weight is 408 g/mol. The van der Waals surface area contributed by atoms with Crippen LogP contribution in [0.5, 0.6) is 0 Å². The molecule has 0 aliphatic heterocycles. The number of aryl methyl sites for hydroxylation is 1. The molecule has 0 atom stereocenters. The van der Waals surface area contributed by atoms with Gasteiger partial charge in [0.1, 0.15) is 10.8 Å². The van der Waals surface area contributed by atoms with Crippen molar-refractivity contribution >= 4 is 38.9 Å². The minimum absolute atomic E-state index is 0.713. The summed E-state index contributed by atoms with van der Waals surface area (Å²) in [7, 11) is 0. The van der Waals surface area contributed by atoms with Crippen molar-refractivity contribution in [2.45, 2.75) is 6.92 Å². The smallest absolute Gasteiger partial charge is 0.235 e. The van der Waals surface area contributed by atoms with Gasteiger partial charge in [-0.05, 0) is 41.6 Å². The third-order valence-corrected chi connectivity index (χ3v) is 5.07. The van der Waals surface area contributed by atoms with Crippen molar-refractivity contribution in [3.63, 3.8) is 0 Å². The average Bonchev–Trinajstić information content (AvgIpc) is 3.14. The van der Waals surface area contributed by atoms with E-state index < -0.39 is 0 Å². The number of rotatable bonds is 2. The van der Waals surface area contributed by atoms with Gasteiger partial charge >= 0.3 is 0 Å². The molecule has 0 radical (unpaired) electrons. The lowest BCUT2D eigenvalue weighted by atomic mass is 10.2. The molecule has 4 aromatic rings. The topological polar surface area (TPSA) is 56.2 Å². The number of benzene rings is 1. The van der Waals surface area contributed by atoms with Crippen LogP contribution in [-0.4, -0.2) is 19.8 Å². The van der Waals surface area contributed by atoms with Crippen LogP contribution in [0.25, 0.3) is 26.9 Å². The van der Waals surface area contributed by atoms with Gasteiger partial charge in [-0.1, -0.05) is 29.5 Å². The number of fused-ring (bicyclic) bond motifs is 1. The maximum Gasteiger partial charge on any atom is 0.235 e. The van der Waals surface area contributed by atoms with Gasteiger partial charge in [0, 0.05) is 9.13 Å². The van der Waals surface area contributed by atoms with Gasteiger partial charge < -0.3 is 4.42 Å². The molecule has 0 spiro atoms. The van der Waals surface area contributed by atoms with E-state index in [9.17, 15) is 0 Å². The van der Waals surface area contributed by atoms with E-state index in [1.54, 1.807) is 10.8 Å². The summed E-state index contributed by atoms with van der Waals surface area (Å²) in [4.78, 5) is 0.778. The summed E-state index contributed by atoms with van der Waals surface area (Å²) in [5.41, 5.74) is 2.03. The zero-order valence-electron chi connectivity index (χ0n) is 10.9. The lowest BCUT2D eigenvalue weighted by Gasteiger charge is -1.98. The molecule has 0 saturated heterocycles. The van der Waals surface area contributed by atoms with Crippen LogP contribution in [0, 0.1) is 10.5 Å². The monoisotopic (exact) mass is 408 g/mol. The molecule has 3 aromatic heterocycles. The van der Waals surface area contributed by atoms with Crippen LogP contribution in [0.3, 0.4) is 0 Å². The zero-order chi connectivity index (χ0) is 14.4. The Bertz CT molecular complexity index is 939. The second-order valence-electron chi connectivity index (χ2n) is 4.50. The maximum atomic E-state index is 5.34. The van der Waals surface area contributed by atoms with Crippen LogP contribution in [0.4, 0.5) is 0 Å². The van der Waals surface area contributed by atoms with Crippen molar-refractivity contribution in [3.05, 3.63) is 45.9 Å². The molecular weight excluding hydrogens is 399 g/mol. The summed E-state index contributed by atoms with van der Waals surface area (Å²) >= 11 is 3.85. The summed E-state index contributed by atoms with van der Waals surface area (Å²) < 4.78 is 8.29. The molecule has 0 fully saturated rings. The van der Waals surface area contributed by atoms with E-state index in [1.165, 1.54) is 14.9 Å². The van der Waals surface area contributed by atoms with E-state index in [-0.39, 0.29) is 0 Å². The number of hydrogen-bond donors (Lipinski definition) is 0. The number of aromatic nitrogens is 4. The Morgan fingerprint density at radius 2 is 2.00 bits per heavy atom. The Morgan fingerprint density at radius 1 is 1.14 bits per heavy atom. The molecule has 1 aromatic carbocycles. The Balaban J connectivity index is 1.91. The first-order valence-corrected chi connectivity index (χ1v) is 8.15. The predicted molar refractivity (Wildman–Crippen MR) is 89.3 cm³/mol. The maximum absolute atomic E-state index is 5.34.